The molecule has 0 aliphatic heterocycles. The van der Waals surface area contributed by atoms with Gasteiger partial charge in [-0.3, -0.25) is 0 Å². The van der Waals surface area contributed by atoms with Gasteiger partial charge in [-0.15, -0.1) is 11.3 Å². The van der Waals surface area contributed by atoms with Gasteiger partial charge in [-0.2, -0.15) is 0 Å². The van der Waals surface area contributed by atoms with Crippen molar-refractivity contribution in [2.45, 2.75) is 5.41 Å². The molecule has 1 aromatic heterocycles. The lowest BCUT2D eigenvalue weighted by Crippen LogP contribution is -2.28. The number of hydrogen-bond acceptors (Lipinski definition) is 2. The van der Waals surface area contributed by atoms with Gasteiger partial charge in [0.25, 0.3) is 0 Å². The number of rotatable bonds is 8. The summed E-state index contributed by atoms with van der Waals surface area (Å²) < 4.78 is 2.59. The zero-order valence-corrected chi connectivity index (χ0v) is 37.5. The largest absolute Gasteiger partial charge is 0.310 e. The normalized spacial score (nSPS) is 12.6. The Bertz CT molecular complexity index is 3760. The quantitative estimate of drug-likeness (QED) is 0.147. The highest BCUT2D eigenvalue weighted by Crippen LogP contribution is 2.57. The van der Waals surface area contributed by atoms with E-state index in [0.29, 0.717) is 0 Å². The van der Waals surface area contributed by atoms with Crippen LogP contribution in [0.2, 0.25) is 0 Å². The van der Waals surface area contributed by atoms with E-state index in [1.165, 1.54) is 97.7 Å². The molecule has 0 spiro atoms. The van der Waals surface area contributed by atoms with Crippen molar-refractivity contribution in [2.24, 2.45) is 0 Å². The highest BCUT2D eigenvalue weighted by atomic mass is 32.1. The standard InChI is InChI=1S/C65H43NS/c1-3-22-48(23-4-1)65(49-24-5-2-6-25-49)59-32-12-9-27-54(59)55-41-40-51(43-60(55)65)66(61-33-13-10-28-56(61)57-31-17-35-63-64(57)58-29-11-14-34-62(58)67-63)50-38-36-44(37-39-50)46-20-15-21-47(42-46)53-30-16-19-45-18-7-8-26-52(45)53/h1-43H. The summed E-state index contributed by atoms with van der Waals surface area (Å²) in [6, 6.07) is 96.4. The van der Waals surface area contributed by atoms with Crippen molar-refractivity contribution in [2.75, 3.05) is 4.90 Å². The van der Waals surface area contributed by atoms with Gasteiger partial charge in [0.15, 0.2) is 0 Å². The first kappa shape index (κ1) is 39.1. The second kappa shape index (κ2) is 16.0. The van der Waals surface area contributed by atoms with Crippen LogP contribution in [0, 0.1) is 0 Å². The Kier molecular flexibility index (Phi) is 9.33. The van der Waals surface area contributed by atoms with Gasteiger partial charge < -0.3 is 4.90 Å². The minimum Gasteiger partial charge on any atom is -0.310 e. The Hall–Kier alpha value is -8.30. The molecule has 0 radical (unpaired) electrons. The van der Waals surface area contributed by atoms with Crippen molar-refractivity contribution in [1.29, 1.82) is 0 Å². The van der Waals surface area contributed by atoms with Crippen molar-refractivity contribution in [3.63, 3.8) is 0 Å². The number of para-hydroxylation sites is 1. The molecular weight excluding hydrogens is 827 g/mol. The molecule has 13 rings (SSSR count). The van der Waals surface area contributed by atoms with Crippen LogP contribution in [0.1, 0.15) is 22.3 Å². The third kappa shape index (κ3) is 6.29. The van der Waals surface area contributed by atoms with Crippen LogP contribution in [-0.2, 0) is 5.41 Å². The second-order valence-corrected chi connectivity index (χ2v) is 18.6. The third-order valence-electron chi connectivity index (χ3n) is 14.0. The number of fused-ring (bicyclic) bond motifs is 7. The highest BCUT2D eigenvalue weighted by molar-refractivity contribution is 7.25. The monoisotopic (exact) mass is 869 g/mol. The average molecular weight is 870 g/mol. The zero-order valence-electron chi connectivity index (χ0n) is 36.7. The number of hydrogen-bond donors (Lipinski definition) is 0. The third-order valence-corrected chi connectivity index (χ3v) is 15.1. The van der Waals surface area contributed by atoms with E-state index in [1.54, 1.807) is 0 Å². The van der Waals surface area contributed by atoms with Crippen molar-refractivity contribution in [3.05, 3.63) is 283 Å². The molecule has 0 saturated heterocycles. The molecule has 12 aromatic rings. The number of benzene rings is 11. The van der Waals surface area contributed by atoms with Crippen LogP contribution in [0.15, 0.2) is 261 Å². The van der Waals surface area contributed by atoms with Crippen LogP contribution in [0.5, 0.6) is 0 Å². The molecule has 1 aliphatic rings. The Balaban J connectivity index is 1.02. The van der Waals surface area contributed by atoms with E-state index in [-0.39, 0.29) is 0 Å². The summed E-state index contributed by atoms with van der Waals surface area (Å²) in [7, 11) is 0. The Morgan fingerprint density at radius 2 is 0.881 bits per heavy atom. The van der Waals surface area contributed by atoms with Crippen LogP contribution >= 0.6 is 11.3 Å². The molecule has 1 heterocycles. The maximum Gasteiger partial charge on any atom is 0.0714 e. The molecule has 0 fully saturated rings. The molecule has 0 saturated carbocycles. The number of anilines is 3. The minimum atomic E-state index is -0.532. The summed E-state index contributed by atoms with van der Waals surface area (Å²) in [5.74, 6) is 0. The molecule has 2 heteroatoms. The first-order chi connectivity index (χ1) is 33.2. The Morgan fingerprint density at radius 3 is 1.70 bits per heavy atom. The molecule has 1 nitrogen and oxygen atoms in total. The van der Waals surface area contributed by atoms with Crippen molar-refractivity contribution >= 4 is 59.3 Å². The van der Waals surface area contributed by atoms with Crippen LogP contribution in [0.25, 0.3) is 75.5 Å². The predicted molar refractivity (Wildman–Crippen MR) is 285 cm³/mol. The zero-order chi connectivity index (χ0) is 44.3. The van der Waals surface area contributed by atoms with E-state index < -0.39 is 5.41 Å². The smallest absolute Gasteiger partial charge is 0.0714 e. The Morgan fingerprint density at radius 1 is 0.313 bits per heavy atom. The van der Waals surface area contributed by atoms with Crippen LogP contribution in [0.4, 0.5) is 17.1 Å². The van der Waals surface area contributed by atoms with Crippen molar-refractivity contribution < 1.29 is 0 Å². The van der Waals surface area contributed by atoms with Gasteiger partial charge in [-0.05, 0) is 121 Å². The lowest BCUT2D eigenvalue weighted by Gasteiger charge is -2.35. The van der Waals surface area contributed by atoms with E-state index in [0.717, 1.165) is 17.1 Å². The molecule has 0 amide bonds. The number of thiophene rings is 1. The molecule has 11 aromatic carbocycles. The first-order valence-electron chi connectivity index (χ1n) is 23.1. The van der Waals surface area contributed by atoms with E-state index in [1.807, 2.05) is 11.3 Å². The fraction of sp³-hybridized carbons (Fsp3) is 0.0154. The van der Waals surface area contributed by atoms with Crippen LogP contribution in [0.3, 0.4) is 0 Å². The summed E-state index contributed by atoms with van der Waals surface area (Å²) in [4.78, 5) is 2.49. The average Bonchev–Trinajstić information content (AvgIpc) is 3.93. The van der Waals surface area contributed by atoms with Crippen molar-refractivity contribution in [3.8, 4) is 44.5 Å². The van der Waals surface area contributed by atoms with Crippen LogP contribution in [-0.4, -0.2) is 0 Å². The lowest BCUT2D eigenvalue weighted by atomic mass is 9.67. The molecule has 0 N–H and O–H groups in total. The number of nitrogens with zero attached hydrogens (tertiary/aromatic N) is 1. The maximum absolute atomic E-state index is 2.49. The van der Waals surface area contributed by atoms with Gasteiger partial charge >= 0.3 is 0 Å². The molecular formula is C65H43NS. The van der Waals surface area contributed by atoms with E-state index >= 15 is 0 Å². The highest BCUT2D eigenvalue weighted by Gasteiger charge is 2.46. The SMILES string of the molecule is c1ccc(C2(c3ccccc3)c3ccccc3-c3ccc(N(c4ccc(-c5cccc(-c6cccc7ccccc67)c5)cc4)c4ccccc4-c4cccc5sc6ccccc6c45)cc32)cc1. The van der Waals surface area contributed by atoms with Gasteiger partial charge in [-0.25, -0.2) is 0 Å². The summed E-state index contributed by atoms with van der Waals surface area (Å²) in [6.45, 7) is 0. The lowest BCUT2D eigenvalue weighted by molar-refractivity contribution is 0.768. The van der Waals surface area contributed by atoms with Crippen molar-refractivity contribution in [1.82, 2.24) is 0 Å². The summed E-state index contributed by atoms with van der Waals surface area (Å²) in [5, 5.41) is 5.10. The van der Waals surface area contributed by atoms with E-state index in [2.05, 4.69) is 266 Å². The molecule has 1 aliphatic carbocycles. The van der Waals surface area contributed by atoms with E-state index in [9.17, 15) is 0 Å². The maximum atomic E-state index is 2.49. The van der Waals surface area contributed by atoms with Gasteiger partial charge in [-0.1, -0.05) is 212 Å². The Labute approximate surface area is 395 Å². The topological polar surface area (TPSA) is 3.24 Å². The fourth-order valence-electron chi connectivity index (χ4n) is 11.0. The van der Waals surface area contributed by atoms with Gasteiger partial charge in [0.1, 0.15) is 0 Å². The molecule has 67 heavy (non-hydrogen) atoms. The second-order valence-electron chi connectivity index (χ2n) is 17.5. The van der Waals surface area contributed by atoms with E-state index in [4.69, 9.17) is 0 Å². The van der Waals surface area contributed by atoms with Gasteiger partial charge in [0.2, 0.25) is 0 Å². The molecule has 314 valence electrons. The van der Waals surface area contributed by atoms with Gasteiger partial charge in [0, 0.05) is 37.1 Å². The fourth-order valence-corrected chi connectivity index (χ4v) is 12.2. The predicted octanol–water partition coefficient (Wildman–Crippen LogP) is 18.0. The molecule has 0 atom stereocenters. The minimum absolute atomic E-state index is 0.532. The summed E-state index contributed by atoms with van der Waals surface area (Å²) >= 11 is 1.87. The first-order valence-corrected chi connectivity index (χ1v) is 23.9. The van der Waals surface area contributed by atoms with Crippen LogP contribution < -0.4 is 4.90 Å². The summed E-state index contributed by atoms with van der Waals surface area (Å²) in [5.41, 5.74) is 17.6. The van der Waals surface area contributed by atoms with Gasteiger partial charge in [0.05, 0.1) is 11.1 Å². The molecule has 0 bridgehead atoms. The summed E-state index contributed by atoms with van der Waals surface area (Å²) in [6.07, 6.45) is 0. The molecule has 0 unspecified atom stereocenters.